The van der Waals surface area contributed by atoms with Crippen molar-refractivity contribution in [3.05, 3.63) is 70.1 Å². The van der Waals surface area contributed by atoms with Crippen molar-refractivity contribution < 1.29 is 23.8 Å². The Kier molecular flexibility index (Phi) is 7.26. The number of likely N-dealkylation sites (tertiary alicyclic amines) is 1. The van der Waals surface area contributed by atoms with Crippen molar-refractivity contribution in [1.82, 2.24) is 9.88 Å². The summed E-state index contributed by atoms with van der Waals surface area (Å²) >= 11 is 1.48. The van der Waals surface area contributed by atoms with Gasteiger partial charge in [0.25, 0.3) is 5.91 Å². The van der Waals surface area contributed by atoms with Crippen LogP contribution in [-0.4, -0.2) is 52.1 Å². The van der Waals surface area contributed by atoms with E-state index in [-0.39, 0.29) is 17.8 Å². The summed E-state index contributed by atoms with van der Waals surface area (Å²) < 4.78 is 18.5. The minimum Gasteiger partial charge on any atom is -0.493 e. The SMILES string of the molecule is Cc1nc(C(=O)N2[C@H](CN)C[C@@H]3CCC[C@@H]32)c(-c2ccc(F)cc2)s1.O=C(O)c1cccc2c1CCO2. The molecule has 3 atom stereocenters. The number of nitrogens with two attached hydrogens (primary N) is 1. The number of carboxylic acids is 1. The Balaban J connectivity index is 0.000000195. The molecular weight excluding hydrogens is 493 g/mol. The molecule has 3 heterocycles. The molecule has 2 aliphatic heterocycles. The number of carbonyl (C=O) groups is 2. The quantitative estimate of drug-likeness (QED) is 0.503. The predicted molar refractivity (Wildman–Crippen MR) is 140 cm³/mol. The van der Waals surface area contributed by atoms with Crippen LogP contribution in [0, 0.1) is 18.7 Å². The summed E-state index contributed by atoms with van der Waals surface area (Å²) in [6.07, 6.45) is 5.13. The van der Waals surface area contributed by atoms with E-state index in [2.05, 4.69) is 4.98 Å². The summed E-state index contributed by atoms with van der Waals surface area (Å²) in [4.78, 5) is 31.4. The molecule has 0 unspecified atom stereocenters. The molecule has 3 aliphatic rings. The standard InChI is InChI=1S/C19H22FN3OS.C9H8O3/c1-11-22-17(18(25-11)12-5-7-14(20)8-6-12)19(24)23-15(10-21)9-13-3-2-4-16(13)23;10-9(11)7-2-1-3-8-6(7)4-5-12-8/h5-8,13,15-16H,2-4,9-10,21H2,1H3;1-3H,4-5H2,(H,10,11)/t13-,15-,16-;/m0./s1. The number of nitrogens with zero attached hydrogens (tertiary/aromatic N) is 2. The van der Waals surface area contributed by atoms with Crippen LogP contribution in [0.25, 0.3) is 10.4 Å². The lowest BCUT2D eigenvalue weighted by Crippen LogP contribution is -2.44. The summed E-state index contributed by atoms with van der Waals surface area (Å²) in [6.45, 7) is 2.99. The van der Waals surface area contributed by atoms with E-state index in [0.29, 0.717) is 42.8 Å². The van der Waals surface area contributed by atoms with Crippen LogP contribution in [0.4, 0.5) is 4.39 Å². The van der Waals surface area contributed by atoms with Gasteiger partial charge >= 0.3 is 5.97 Å². The third-order valence-electron chi connectivity index (χ3n) is 7.47. The van der Waals surface area contributed by atoms with Gasteiger partial charge in [-0.3, -0.25) is 4.79 Å². The van der Waals surface area contributed by atoms with E-state index >= 15 is 0 Å². The topological polar surface area (TPSA) is 106 Å². The van der Waals surface area contributed by atoms with E-state index in [1.807, 2.05) is 11.8 Å². The molecule has 1 saturated heterocycles. The maximum Gasteiger partial charge on any atom is 0.336 e. The third-order valence-corrected chi connectivity index (χ3v) is 8.49. The first kappa shape index (κ1) is 25.4. The Hall–Kier alpha value is -3.30. The molecular formula is C28H30FN3O4S. The fourth-order valence-electron chi connectivity index (χ4n) is 5.83. The second kappa shape index (κ2) is 10.6. The van der Waals surface area contributed by atoms with Crippen molar-refractivity contribution in [2.45, 2.75) is 51.1 Å². The number of aryl methyl sites for hydroxylation is 1. The molecule has 3 N–H and O–H groups in total. The highest BCUT2D eigenvalue weighted by Gasteiger charge is 2.46. The molecule has 3 aromatic rings. The molecule has 2 fully saturated rings. The minimum absolute atomic E-state index is 0.0199. The first-order chi connectivity index (χ1) is 17.9. The average Bonchev–Trinajstić information content (AvgIpc) is 3.67. The normalized spacial score (nSPS) is 21.6. The van der Waals surface area contributed by atoms with Gasteiger partial charge in [0.15, 0.2) is 0 Å². The molecule has 2 aromatic carbocycles. The number of carbonyl (C=O) groups excluding carboxylic acids is 1. The fourth-order valence-corrected chi connectivity index (χ4v) is 6.75. The highest BCUT2D eigenvalue weighted by Crippen LogP contribution is 2.42. The lowest BCUT2D eigenvalue weighted by molar-refractivity contribution is 0.0658. The Bertz CT molecular complexity index is 1310. The number of fused-ring (bicyclic) bond motifs is 2. The Morgan fingerprint density at radius 3 is 2.73 bits per heavy atom. The maximum atomic E-state index is 13.4. The van der Waals surface area contributed by atoms with E-state index in [1.165, 1.54) is 36.3 Å². The van der Waals surface area contributed by atoms with Gasteiger partial charge in [-0.25, -0.2) is 14.2 Å². The van der Waals surface area contributed by atoms with Crippen LogP contribution >= 0.6 is 11.3 Å². The number of amides is 1. The van der Waals surface area contributed by atoms with Crippen molar-refractivity contribution in [3.8, 4) is 16.2 Å². The number of hydrogen-bond donors (Lipinski definition) is 2. The maximum absolute atomic E-state index is 13.4. The number of ether oxygens (including phenoxy) is 1. The van der Waals surface area contributed by atoms with E-state index in [9.17, 15) is 14.0 Å². The molecule has 6 rings (SSSR count). The van der Waals surface area contributed by atoms with Gasteiger partial charge in [-0.05, 0) is 61.9 Å². The highest BCUT2D eigenvalue weighted by atomic mass is 32.1. The van der Waals surface area contributed by atoms with Gasteiger partial charge in [0, 0.05) is 30.6 Å². The average molecular weight is 524 g/mol. The molecule has 0 bridgehead atoms. The third kappa shape index (κ3) is 4.98. The summed E-state index contributed by atoms with van der Waals surface area (Å²) in [7, 11) is 0. The van der Waals surface area contributed by atoms with Crippen molar-refractivity contribution in [1.29, 1.82) is 0 Å². The molecule has 9 heteroatoms. The van der Waals surface area contributed by atoms with Crippen LogP contribution in [0.2, 0.25) is 0 Å². The lowest BCUT2D eigenvalue weighted by atomic mass is 10.0. The molecule has 1 aliphatic carbocycles. The van der Waals surface area contributed by atoms with Gasteiger partial charge in [-0.2, -0.15) is 0 Å². The first-order valence-electron chi connectivity index (χ1n) is 12.6. The number of thiazole rings is 1. The van der Waals surface area contributed by atoms with Gasteiger partial charge in [-0.1, -0.05) is 24.6 Å². The van der Waals surface area contributed by atoms with Gasteiger partial charge in [-0.15, -0.1) is 11.3 Å². The zero-order valence-corrected chi connectivity index (χ0v) is 21.5. The molecule has 1 aromatic heterocycles. The number of halogens is 1. The van der Waals surface area contributed by atoms with Crippen LogP contribution < -0.4 is 10.5 Å². The lowest BCUT2D eigenvalue weighted by Gasteiger charge is -2.29. The number of aromatic nitrogens is 1. The van der Waals surface area contributed by atoms with Crippen LogP contribution in [0.5, 0.6) is 5.75 Å². The molecule has 37 heavy (non-hydrogen) atoms. The number of benzene rings is 2. The summed E-state index contributed by atoms with van der Waals surface area (Å²) in [5.74, 6) is 0.113. The molecule has 1 amide bonds. The van der Waals surface area contributed by atoms with Crippen molar-refractivity contribution in [2.24, 2.45) is 11.7 Å². The number of rotatable bonds is 4. The zero-order valence-electron chi connectivity index (χ0n) is 20.7. The van der Waals surface area contributed by atoms with Crippen LogP contribution in [0.1, 0.15) is 57.1 Å². The Labute approximate surface area is 219 Å². The minimum atomic E-state index is -0.877. The first-order valence-corrected chi connectivity index (χ1v) is 13.4. The highest BCUT2D eigenvalue weighted by molar-refractivity contribution is 7.15. The summed E-state index contributed by atoms with van der Waals surface area (Å²) in [5.41, 5.74) is 8.47. The summed E-state index contributed by atoms with van der Waals surface area (Å²) in [5, 5.41) is 9.64. The number of aromatic carboxylic acids is 1. The van der Waals surface area contributed by atoms with Crippen molar-refractivity contribution in [2.75, 3.05) is 13.2 Å². The summed E-state index contributed by atoms with van der Waals surface area (Å²) in [6, 6.07) is 11.8. The van der Waals surface area contributed by atoms with E-state index < -0.39 is 5.97 Å². The second-order valence-corrected chi connectivity index (χ2v) is 10.9. The Morgan fingerprint density at radius 1 is 1.22 bits per heavy atom. The van der Waals surface area contributed by atoms with Crippen LogP contribution in [0.3, 0.4) is 0 Å². The van der Waals surface area contributed by atoms with Crippen molar-refractivity contribution >= 4 is 23.2 Å². The molecule has 7 nitrogen and oxygen atoms in total. The van der Waals surface area contributed by atoms with Crippen molar-refractivity contribution in [3.63, 3.8) is 0 Å². The monoisotopic (exact) mass is 523 g/mol. The zero-order chi connectivity index (χ0) is 26.1. The van der Waals surface area contributed by atoms with E-state index in [1.54, 1.807) is 30.3 Å². The van der Waals surface area contributed by atoms with Gasteiger partial charge in [0.05, 0.1) is 22.1 Å². The van der Waals surface area contributed by atoms with Gasteiger partial charge in [0.2, 0.25) is 0 Å². The molecule has 0 spiro atoms. The van der Waals surface area contributed by atoms with Crippen LogP contribution in [0.15, 0.2) is 42.5 Å². The molecule has 1 saturated carbocycles. The Morgan fingerprint density at radius 2 is 2.00 bits per heavy atom. The fraction of sp³-hybridized carbons (Fsp3) is 0.393. The number of carboxylic acid groups (broad SMARTS) is 1. The van der Waals surface area contributed by atoms with Crippen LogP contribution in [-0.2, 0) is 6.42 Å². The smallest absolute Gasteiger partial charge is 0.336 e. The second-order valence-electron chi connectivity index (χ2n) is 9.70. The number of hydrogen-bond acceptors (Lipinski definition) is 6. The molecule has 0 radical (unpaired) electrons. The van der Waals surface area contributed by atoms with E-state index in [0.717, 1.165) is 39.6 Å². The predicted octanol–water partition coefficient (Wildman–Crippen LogP) is 4.92. The van der Waals surface area contributed by atoms with Gasteiger partial charge in [0.1, 0.15) is 17.3 Å². The largest absolute Gasteiger partial charge is 0.493 e. The van der Waals surface area contributed by atoms with Gasteiger partial charge < -0.3 is 20.5 Å². The van der Waals surface area contributed by atoms with E-state index in [4.69, 9.17) is 15.6 Å². The molecule has 194 valence electrons.